The lowest BCUT2D eigenvalue weighted by Crippen LogP contribution is -2.38. The van der Waals surface area contributed by atoms with Gasteiger partial charge in [-0.25, -0.2) is 0 Å². The van der Waals surface area contributed by atoms with Crippen LogP contribution in [0.5, 0.6) is 0 Å². The second-order valence-electron chi connectivity index (χ2n) is 6.61. The standard InChI is InChI=1S/C17H19BrN6S/c18-13-12(9-17(19)5-1-2-6-17)25-15-14(13)22-24-23-16(15)21-10-11-3-7-20-8-4-11/h3-4,7-8H,1-2,5-6,9-10,19H2,(H,21,22,23). The molecule has 1 aliphatic carbocycles. The van der Waals surface area contributed by atoms with E-state index in [2.05, 4.69) is 41.6 Å². The average molecular weight is 419 g/mol. The number of halogens is 1. The van der Waals surface area contributed by atoms with Crippen molar-refractivity contribution in [2.24, 2.45) is 5.73 Å². The predicted octanol–water partition coefficient (Wildman–Crippen LogP) is 3.67. The zero-order chi connectivity index (χ0) is 17.3. The minimum Gasteiger partial charge on any atom is -0.363 e. The molecule has 3 aromatic heterocycles. The molecule has 0 unspecified atom stereocenters. The van der Waals surface area contributed by atoms with Crippen LogP contribution in [-0.4, -0.2) is 25.9 Å². The van der Waals surface area contributed by atoms with Crippen LogP contribution < -0.4 is 11.1 Å². The summed E-state index contributed by atoms with van der Waals surface area (Å²) in [5, 5.41) is 15.7. The van der Waals surface area contributed by atoms with Gasteiger partial charge < -0.3 is 11.1 Å². The number of nitrogens with two attached hydrogens (primary N) is 1. The number of rotatable bonds is 5. The molecule has 3 heterocycles. The maximum absolute atomic E-state index is 6.57. The fourth-order valence-corrected chi connectivity index (χ4v) is 5.38. The molecule has 1 aliphatic rings. The first kappa shape index (κ1) is 16.8. The van der Waals surface area contributed by atoms with Crippen molar-refractivity contribution in [2.45, 2.75) is 44.2 Å². The number of fused-ring (bicyclic) bond motifs is 1. The van der Waals surface area contributed by atoms with Gasteiger partial charge in [0, 0.05) is 35.8 Å². The van der Waals surface area contributed by atoms with Gasteiger partial charge in [-0.2, -0.15) is 0 Å². The van der Waals surface area contributed by atoms with E-state index in [1.54, 1.807) is 23.7 Å². The van der Waals surface area contributed by atoms with E-state index < -0.39 is 0 Å². The Kier molecular flexibility index (Phi) is 4.66. The summed E-state index contributed by atoms with van der Waals surface area (Å²) in [6, 6.07) is 3.96. The predicted molar refractivity (Wildman–Crippen MR) is 104 cm³/mol. The number of nitrogens with zero attached hydrogens (tertiary/aromatic N) is 4. The maximum atomic E-state index is 6.57. The molecule has 0 saturated heterocycles. The van der Waals surface area contributed by atoms with Crippen LogP contribution in [0.2, 0.25) is 0 Å². The number of anilines is 1. The second-order valence-corrected chi connectivity index (χ2v) is 8.51. The molecule has 0 amide bonds. The van der Waals surface area contributed by atoms with Gasteiger partial charge in [-0.15, -0.1) is 21.5 Å². The van der Waals surface area contributed by atoms with E-state index in [-0.39, 0.29) is 5.54 Å². The molecule has 25 heavy (non-hydrogen) atoms. The van der Waals surface area contributed by atoms with E-state index in [9.17, 15) is 0 Å². The molecule has 3 aromatic rings. The van der Waals surface area contributed by atoms with Gasteiger partial charge in [-0.05, 0) is 51.7 Å². The van der Waals surface area contributed by atoms with Crippen LogP contribution in [0.15, 0.2) is 29.0 Å². The summed E-state index contributed by atoms with van der Waals surface area (Å²) < 4.78 is 2.03. The van der Waals surface area contributed by atoms with Crippen molar-refractivity contribution in [3.05, 3.63) is 39.4 Å². The second kappa shape index (κ2) is 6.93. The molecule has 0 aromatic carbocycles. The highest BCUT2D eigenvalue weighted by Gasteiger charge is 2.31. The lowest BCUT2D eigenvalue weighted by molar-refractivity contribution is 0.439. The Morgan fingerprint density at radius 3 is 2.72 bits per heavy atom. The first-order chi connectivity index (χ1) is 12.1. The van der Waals surface area contributed by atoms with E-state index >= 15 is 0 Å². The zero-order valence-electron chi connectivity index (χ0n) is 13.7. The third-order valence-corrected chi connectivity index (χ3v) is 7.02. The smallest absolute Gasteiger partial charge is 0.170 e. The Morgan fingerprint density at radius 1 is 1.20 bits per heavy atom. The average Bonchev–Trinajstić information content (AvgIpc) is 3.19. The molecule has 0 radical (unpaired) electrons. The Labute approximate surface area is 158 Å². The first-order valence-electron chi connectivity index (χ1n) is 8.36. The van der Waals surface area contributed by atoms with Crippen molar-refractivity contribution in [1.82, 2.24) is 20.4 Å². The van der Waals surface area contributed by atoms with Crippen molar-refractivity contribution in [2.75, 3.05) is 5.32 Å². The minimum absolute atomic E-state index is 0.0884. The van der Waals surface area contributed by atoms with Crippen molar-refractivity contribution in [1.29, 1.82) is 0 Å². The summed E-state index contributed by atoms with van der Waals surface area (Å²) in [6.07, 6.45) is 9.06. The van der Waals surface area contributed by atoms with Gasteiger partial charge in [-0.1, -0.05) is 12.8 Å². The lowest BCUT2D eigenvalue weighted by Gasteiger charge is -2.22. The summed E-state index contributed by atoms with van der Waals surface area (Å²) in [4.78, 5) is 5.27. The third kappa shape index (κ3) is 3.51. The number of aromatic nitrogens is 4. The maximum Gasteiger partial charge on any atom is 0.170 e. The highest BCUT2D eigenvalue weighted by atomic mass is 79.9. The molecule has 8 heteroatoms. The Bertz CT molecular complexity index is 875. The summed E-state index contributed by atoms with van der Waals surface area (Å²) in [6.45, 7) is 0.669. The van der Waals surface area contributed by atoms with E-state index in [0.717, 1.165) is 45.3 Å². The quantitative estimate of drug-likeness (QED) is 0.656. The summed E-state index contributed by atoms with van der Waals surface area (Å²) >= 11 is 5.41. The van der Waals surface area contributed by atoms with Crippen molar-refractivity contribution < 1.29 is 0 Å². The van der Waals surface area contributed by atoms with Crippen LogP contribution in [0, 0.1) is 0 Å². The molecule has 0 aliphatic heterocycles. The Balaban J connectivity index is 1.61. The molecule has 1 fully saturated rings. The van der Waals surface area contributed by atoms with Crippen LogP contribution >= 0.6 is 27.3 Å². The van der Waals surface area contributed by atoms with Gasteiger partial charge >= 0.3 is 0 Å². The van der Waals surface area contributed by atoms with Crippen LogP contribution in [0.1, 0.15) is 36.1 Å². The fraction of sp³-hybridized carbons (Fsp3) is 0.412. The molecule has 6 nitrogen and oxygen atoms in total. The number of pyridine rings is 1. The monoisotopic (exact) mass is 418 g/mol. The summed E-state index contributed by atoms with van der Waals surface area (Å²) in [5.41, 5.74) is 8.48. The molecule has 4 rings (SSSR count). The number of nitrogens with one attached hydrogen (secondary N) is 1. The zero-order valence-corrected chi connectivity index (χ0v) is 16.1. The van der Waals surface area contributed by atoms with E-state index in [1.165, 1.54) is 17.7 Å². The minimum atomic E-state index is -0.0884. The molecule has 3 N–H and O–H groups in total. The summed E-state index contributed by atoms with van der Waals surface area (Å²) in [5.74, 6) is 0.760. The van der Waals surface area contributed by atoms with Gasteiger partial charge in [0.25, 0.3) is 0 Å². The van der Waals surface area contributed by atoms with Crippen LogP contribution in [0.3, 0.4) is 0 Å². The normalized spacial score (nSPS) is 16.4. The van der Waals surface area contributed by atoms with E-state index in [0.29, 0.717) is 6.54 Å². The van der Waals surface area contributed by atoms with Gasteiger partial charge in [0.05, 0.1) is 4.47 Å². The molecular weight excluding hydrogens is 400 g/mol. The van der Waals surface area contributed by atoms with Gasteiger partial charge in [0.15, 0.2) is 5.82 Å². The molecule has 0 bridgehead atoms. The number of thiophene rings is 1. The number of hydrogen-bond donors (Lipinski definition) is 2. The molecule has 0 atom stereocenters. The Morgan fingerprint density at radius 2 is 1.96 bits per heavy atom. The highest BCUT2D eigenvalue weighted by molar-refractivity contribution is 9.10. The van der Waals surface area contributed by atoms with Crippen LogP contribution in [-0.2, 0) is 13.0 Å². The van der Waals surface area contributed by atoms with Gasteiger partial charge in [0.1, 0.15) is 10.2 Å². The molecule has 130 valence electrons. The van der Waals surface area contributed by atoms with Crippen LogP contribution in [0.4, 0.5) is 5.82 Å². The molecular formula is C17H19BrN6S. The van der Waals surface area contributed by atoms with Crippen molar-refractivity contribution in [3.63, 3.8) is 0 Å². The first-order valence-corrected chi connectivity index (χ1v) is 9.97. The van der Waals surface area contributed by atoms with E-state index in [1.807, 2.05) is 12.1 Å². The third-order valence-electron chi connectivity index (χ3n) is 4.72. The topological polar surface area (TPSA) is 89.6 Å². The SMILES string of the molecule is NC1(Cc2sc3c(NCc4ccncc4)nnnc3c2Br)CCCC1. The lowest BCUT2D eigenvalue weighted by atomic mass is 9.94. The number of hydrogen-bond acceptors (Lipinski definition) is 7. The largest absolute Gasteiger partial charge is 0.363 e. The van der Waals surface area contributed by atoms with Crippen LogP contribution in [0.25, 0.3) is 10.2 Å². The van der Waals surface area contributed by atoms with Gasteiger partial charge in [0.2, 0.25) is 0 Å². The van der Waals surface area contributed by atoms with Crippen molar-refractivity contribution in [3.8, 4) is 0 Å². The Hall–Kier alpha value is -1.64. The highest BCUT2D eigenvalue weighted by Crippen LogP contribution is 2.41. The molecule has 1 saturated carbocycles. The fourth-order valence-electron chi connectivity index (χ4n) is 3.35. The van der Waals surface area contributed by atoms with Gasteiger partial charge in [-0.3, -0.25) is 4.98 Å². The van der Waals surface area contributed by atoms with E-state index in [4.69, 9.17) is 5.73 Å². The molecule has 0 spiro atoms. The summed E-state index contributed by atoms with van der Waals surface area (Å²) in [7, 11) is 0. The van der Waals surface area contributed by atoms with Crippen molar-refractivity contribution >= 4 is 43.3 Å².